The van der Waals surface area contributed by atoms with Crippen molar-refractivity contribution < 1.29 is 15.0 Å². The number of carbonyl (C=O) groups is 1. The Morgan fingerprint density at radius 2 is 2.00 bits per heavy atom. The molecule has 0 aliphatic heterocycles. The van der Waals surface area contributed by atoms with Crippen LogP contribution in [0.15, 0.2) is 24.3 Å². The van der Waals surface area contributed by atoms with E-state index in [2.05, 4.69) is 5.32 Å². The molecule has 0 radical (unpaired) electrons. The first-order valence-corrected chi connectivity index (χ1v) is 5.83. The zero-order valence-corrected chi connectivity index (χ0v) is 10.2. The quantitative estimate of drug-likeness (QED) is 0.652. The number of carboxylic acid groups (broad SMARTS) is 1. The van der Waals surface area contributed by atoms with Crippen molar-refractivity contribution in [3.63, 3.8) is 0 Å². The first-order valence-electron chi connectivity index (χ1n) is 5.45. The molecule has 0 amide bonds. The average Bonchev–Trinajstić information content (AvgIpc) is 2.29. The van der Waals surface area contributed by atoms with Crippen LogP contribution in [-0.4, -0.2) is 29.3 Å². The van der Waals surface area contributed by atoms with Gasteiger partial charge in [-0.25, -0.2) is 0 Å². The van der Waals surface area contributed by atoms with E-state index in [0.29, 0.717) is 24.5 Å². The normalized spacial score (nSPS) is 12.4. The molecule has 1 aromatic carbocycles. The fourth-order valence-electron chi connectivity index (χ4n) is 1.41. The molecule has 1 rings (SSSR count). The van der Waals surface area contributed by atoms with E-state index in [4.69, 9.17) is 16.7 Å². The van der Waals surface area contributed by atoms with Crippen molar-refractivity contribution in [1.29, 1.82) is 0 Å². The zero-order valence-electron chi connectivity index (χ0n) is 9.40. The smallest absolute Gasteiger partial charge is 0.303 e. The van der Waals surface area contributed by atoms with Crippen molar-refractivity contribution in [1.82, 2.24) is 5.32 Å². The summed E-state index contributed by atoms with van der Waals surface area (Å²) < 4.78 is 0. The molecule has 5 heteroatoms. The molecule has 0 heterocycles. The van der Waals surface area contributed by atoms with Gasteiger partial charge in [-0.3, -0.25) is 4.79 Å². The number of nitrogens with one attached hydrogen (secondary N) is 1. The maximum absolute atomic E-state index is 10.3. The number of aliphatic hydroxyl groups excluding tert-OH is 1. The molecule has 0 aromatic heterocycles. The third kappa shape index (κ3) is 5.68. The highest BCUT2D eigenvalue weighted by atomic mass is 35.5. The van der Waals surface area contributed by atoms with Gasteiger partial charge in [0.1, 0.15) is 0 Å². The predicted molar refractivity (Wildman–Crippen MR) is 66.2 cm³/mol. The van der Waals surface area contributed by atoms with Gasteiger partial charge in [0, 0.05) is 18.0 Å². The van der Waals surface area contributed by atoms with Crippen LogP contribution in [-0.2, 0) is 4.79 Å². The zero-order chi connectivity index (χ0) is 12.7. The molecule has 0 aliphatic rings. The molecular weight excluding hydrogens is 242 g/mol. The number of aliphatic carboxylic acids is 1. The van der Waals surface area contributed by atoms with E-state index in [9.17, 15) is 9.90 Å². The number of rotatable bonds is 7. The Labute approximate surface area is 105 Å². The van der Waals surface area contributed by atoms with Gasteiger partial charge in [-0.1, -0.05) is 23.7 Å². The van der Waals surface area contributed by atoms with E-state index in [0.717, 1.165) is 5.56 Å². The summed E-state index contributed by atoms with van der Waals surface area (Å²) in [6.07, 6.45) is 0.101. The van der Waals surface area contributed by atoms with Gasteiger partial charge in [0.05, 0.1) is 6.10 Å². The highest BCUT2D eigenvalue weighted by molar-refractivity contribution is 6.30. The van der Waals surface area contributed by atoms with Crippen molar-refractivity contribution in [2.24, 2.45) is 0 Å². The van der Waals surface area contributed by atoms with Gasteiger partial charge in [0.2, 0.25) is 0 Å². The molecule has 0 fully saturated rings. The van der Waals surface area contributed by atoms with Crippen molar-refractivity contribution in [3.05, 3.63) is 34.9 Å². The second kappa shape index (κ2) is 7.27. The Hall–Kier alpha value is -1.10. The Morgan fingerprint density at radius 1 is 1.35 bits per heavy atom. The number of hydrogen-bond acceptors (Lipinski definition) is 3. The van der Waals surface area contributed by atoms with E-state index in [1.165, 1.54) is 0 Å². The average molecular weight is 258 g/mol. The van der Waals surface area contributed by atoms with Crippen LogP contribution in [0.25, 0.3) is 0 Å². The SMILES string of the molecule is O=C(O)CCCNCC(O)c1ccc(Cl)cc1. The van der Waals surface area contributed by atoms with Gasteiger partial charge in [-0.15, -0.1) is 0 Å². The molecule has 1 unspecified atom stereocenters. The standard InChI is InChI=1S/C12H16ClNO3/c13-10-5-3-9(4-6-10)11(15)8-14-7-1-2-12(16)17/h3-6,11,14-15H,1-2,7-8H2,(H,16,17). The van der Waals surface area contributed by atoms with Crippen molar-refractivity contribution >= 4 is 17.6 Å². The summed E-state index contributed by atoms with van der Waals surface area (Å²) >= 11 is 5.74. The van der Waals surface area contributed by atoms with E-state index in [-0.39, 0.29) is 6.42 Å². The molecule has 0 bridgehead atoms. The molecule has 94 valence electrons. The monoisotopic (exact) mass is 257 g/mol. The summed E-state index contributed by atoms with van der Waals surface area (Å²) in [5, 5.41) is 21.9. The van der Waals surface area contributed by atoms with Gasteiger partial charge in [-0.05, 0) is 30.7 Å². The Bertz CT molecular complexity index is 353. The number of carboxylic acids is 1. The van der Waals surface area contributed by atoms with Gasteiger partial charge in [-0.2, -0.15) is 0 Å². The molecule has 1 atom stereocenters. The van der Waals surface area contributed by atoms with Crippen LogP contribution in [0.2, 0.25) is 5.02 Å². The lowest BCUT2D eigenvalue weighted by Gasteiger charge is -2.11. The maximum Gasteiger partial charge on any atom is 0.303 e. The maximum atomic E-state index is 10.3. The Kier molecular flexibility index (Phi) is 5.97. The minimum Gasteiger partial charge on any atom is -0.481 e. The molecule has 0 saturated heterocycles. The van der Waals surface area contributed by atoms with Crippen LogP contribution >= 0.6 is 11.6 Å². The van der Waals surface area contributed by atoms with E-state index in [1.54, 1.807) is 24.3 Å². The van der Waals surface area contributed by atoms with Gasteiger partial charge in [0.25, 0.3) is 0 Å². The van der Waals surface area contributed by atoms with E-state index < -0.39 is 12.1 Å². The topological polar surface area (TPSA) is 69.6 Å². The lowest BCUT2D eigenvalue weighted by atomic mass is 10.1. The third-order valence-electron chi connectivity index (χ3n) is 2.34. The van der Waals surface area contributed by atoms with Crippen LogP contribution in [0.4, 0.5) is 0 Å². The number of halogens is 1. The van der Waals surface area contributed by atoms with Crippen molar-refractivity contribution in [2.75, 3.05) is 13.1 Å². The summed E-state index contributed by atoms with van der Waals surface area (Å²) in [7, 11) is 0. The predicted octanol–water partition coefficient (Wildman–Crippen LogP) is 1.83. The molecular formula is C12H16ClNO3. The molecule has 17 heavy (non-hydrogen) atoms. The molecule has 1 aromatic rings. The fraction of sp³-hybridized carbons (Fsp3) is 0.417. The summed E-state index contributed by atoms with van der Waals surface area (Å²) in [6.45, 7) is 0.984. The first-order chi connectivity index (χ1) is 8.09. The van der Waals surface area contributed by atoms with Crippen LogP contribution in [0.3, 0.4) is 0 Å². The number of aliphatic hydroxyl groups is 1. The van der Waals surface area contributed by atoms with Gasteiger partial charge >= 0.3 is 5.97 Å². The van der Waals surface area contributed by atoms with E-state index >= 15 is 0 Å². The third-order valence-corrected chi connectivity index (χ3v) is 2.59. The Balaban J connectivity index is 2.23. The summed E-state index contributed by atoms with van der Waals surface area (Å²) in [6, 6.07) is 6.99. The molecule has 0 aliphatic carbocycles. The van der Waals surface area contributed by atoms with Gasteiger partial charge < -0.3 is 15.5 Å². The number of hydrogen-bond donors (Lipinski definition) is 3. The lowest BCUT2D eigenvalue weighted by molar-refractivity contribution is -0.137. The largest absolute Gasteiger partial charge is 0.481 e. The molecule has 3 N–H and O–H groups in total. The second-order valence-electron chi connectivity index (χ2n) is 3.77. The van der Waals surface area contributed by atoms with Gasteiger partial charge in [0.15, 0.2) is 0 Å². The second-order valence-corrected chi connectivity index (χ2v) is 4.21. The molecule has 4 nitrogen and oxygen atoms in total. The summed E-state index contributed by atoms with van der Waals surface area (Å²) in [5.41, 5.74) is 0.792. The van der Waals surface area contributed by atoms with Crippen LogP contribution < -0.4 is 5.32 Å². The summed E-state index contributed by atoms with van der Waals surface area (Å²) in [5.74, 6) is -0.801. The summed E-state index contributed by atoms with van der Waals surface area (Å²) in [4.78, 5) is 10.3. The minimum absolute atomic E-state index is 0.143. The lowest BCUT2D eigenvalue weighted by Crippen LogP contribution is -2.23. The Morgan fingerprint density at radius 3 is 2.59 bits per heavy atom. The van der Waals surface area contributed by atoms with Crippen molar-refractivity contribution in [3.8, 4) is 0 Å². The number of benzene rings is 1. The first kappa shape index (κ1) is 14.0. The fourth-order valence-corrected chi connectivity index (χ4v) is 1.53. The van der Waals surface area contributed by atoms with Crippen LogP contribution in [0.5, 0.6) is 0 Å². The van der Waals surface area contributed by atoms with E-state index in [1.807, 2.05) is 0 Å². The highest BCUT2D eigenvalue weighted by Crippen LogP contribution is 2.15. The highest BCUT2D eigenvalue weighted by Gasteiger charge is 2.06. The minimum atomic E-state index is -0.801. The van der Waals surface area contributed by atoms with Crippen molar-refractivity contribution in [2.45, 2.75) is 18.9 Å². The van der Waals surface area contributed by atoms with Crippen LogP contribution in [0, 0.1) is 0 Å². The molecule has 0 saturated carbocycles. The van der Waals surface area contributed by atoms with Crippen LogP contribution in [0.1, 0.15) is 24.5 Å². The molecule has 0 spiro atoms.